The molecule has 194 valence electrons. The van der Waals surface area contributed by atoms with Gasteiger partial charge in [-0.25, -0.2) is 9.97 Å². The number of nitrogens with two attached hydrogens (primary N) is 1. The Morgan fingerprint density at radius 3 is 2.81 bits per heavy atom. The quantitative estimate of drug-likeness (QED) is 0.517. The molecule has 0 radical (unpaired) electrons. The lowest BCUT2D eigenvalue weighted by Crippen LogP contribution is -2.41. The number of fused-ring (bicyclic) bond motifs is 3. The minimum absolute atomic E-state index is 0. The number of anilines is 2. The topological polar surface area (TPSA) is 89.1 Å². The van der Waals surface area contributed by atoms with Crippen molar-refractivity contribution < 1.29 is 4.79 Å². The fourth-order valence-corrected chi connectivity index (χ4v) is 6.19. The van der Waals surface area contributed by atoms with Gasteiger partial charge in [-0.1, -0.05) is 38.1 Å². The summed E-state index contributed by atoms with van der Waals surface area (Å²) in [6, 6.07) is 8.57. The summed E-state index contributed by atoms with van der Waals surface area (Å²) in [4.78, 5) is 24.5. The molecule has 0 spiro atoms. The third-order valence-corrected chi connectivity index (χ3v) is 7.98. The Labute approximate surface area is 224 Å². The first-order valence-electron chi connectivity index (χ1n) is 13.0. The Hall–Kier alpha value is -3.16. The number of nitrogen functional groups attached to an aromatic ring is 1. The standard InChI is InChI=1S/C29H34N6O.ClH/c1-18-21(26-22(27(30)33-17-32-26)10-9-20-6-5-11-31-20)7-4-8-23(18)35-13-12-34-24(28(35)36)14-19-15-29(2,3)16-25(19)34;/h4,7-10,14,17,20,31H,5-6,11-13,15-16H2,1-3H3,(H2,30,32,33);1H/t20-;/m0./s1. The minimum Gasteiger partial charge on any atom is -0.383 e. The summed E-state index contributed by atoms with van der Waals surface area (Å²) >= 11 is 0. The highest BCUT2D eigenvalue weighted by Crippen LogP contribution is 2.40. The van der Waals surface area contributed by atoms with Crippen molar-refractivity contribution in [2.24, 2.45) is 5.41 Å². The zero-order valence-corrected chi connectivity index (χ0v) is 22.6. The maximum absolute atomic E-state index is 13.7. The molecule has 1 atom stereocenters. The predicted octanol–water partition coefficient (Wildman–Crippen LogP) is 4.81. The van der Waals surface area contributed by atoms with Crippen LogP contribution in [0, 0.1) is 12.3 Å². The fraction of sp³-hybridized carbons (Fsp3) is 0.414. The van der Waals surface area contributed by atoms with Gasteiger partial charge in [-0.15, -0.1) is 12.4 Å². The van der Waals surface area contributed by atoms with E-state index in [0.29, 0.717) is 18.4 Å². The monoisotopic (exact) mass is 518 g/mol. The van der Waals surface area contributed by atoms with Gasteiger partial charge in [0.1, 0.15) is 17.8 Å². The fourth-order valence-electron chi connectivity index (χ4n) is 6.19. The summed E-state index contributed by atoms with van der Waals surface area (Å²) in [7, 11) is 0. The highest BCUT2D eigenvalue weighted by atomic mass is 35.5. The molecule has 4 heterocycles. The second-order valence-electron chi connectivity index (χ2n) is 11.2. The zero-order valence-electron chi connectivity index (χ0n) is 21.8. The van der Waals surface area contributed by atoms with Crippen molar-refractivity contribution in [2.45, 2.75) is 59.0 Å². The van der Waals surface area contributed by atoms with Gasteiger partial charge in [-0.3, -0.25) is 4.79 Å². The summed E-state index contributed by atoms with van der Waals surface area (Å²) in [5.41, 5.74) is 14.6. The molecule has 1 amide bonds. The van der Waals surface area contributed by atoms with Crippen LogP contribution < -0.4 is 16.0 Å². The van der Waals surface area contributed by atoms with E-state index in [1.807, 2.05) is 23.1 Å². The summed E-state index contributed by atoms with van der Waals surface area (Å²) < 4.78 is 2.26. The van der Waals surface area contributed by atoms with Crippen molar-refractivity contribution in [1.82, 2.24) is 19.9 Å². The van der Waals surface area contributed by atoms with E-state index in [1.54, 1.807) is 0 Å². The van der Waals surface area contributed by atoms with Gasteiger partial charge in [0.15, 0.2) is 0 Å². The number of carbonyl (C=O) groups is 1. The number of hydrogen-bond donors (Lipinski definition) is 2. The average Bonchev–Trinajstić information content (AvgIpc) is 3.54. The molecule has 0 unspecified atom stereocenters. The lowest BCUT2D eigenvalue weighted by atomic mass is 9.90. The molecule has 1 aromatic carbocycles. The van der Waals surface area contributed by atoms with Crippen molar-refractivity contribution in [1.29, 1.82) is 0 Å². The first-order chi connectivity index (χ1) is 17.3. The number of amides is 1. The van der Waals surface area contributed by atoms with Crippen molar-refractivity contribution in [3.8, 4) is 11.3 Å². The smallest absolute Gasteiger partial charge is 0.274 e. The van der Waals surface area contributed by atoms with Gasteiger partial charge in [0.2, 0.25) is 0 Å². The van der Waals surface area contributed by atoms with E-state index in [4.69, 9.17) is 5.73 Å². The number of carbonyl (C=O) groups excluding carboxylic acids is 1. The first kappa shape index (κ1) is 25.5. The van der Waals surface area contributed by atoms with Crippen molar-refractivity contribution in [3.05, 3.63) is 64.7 Å². The van der Waals surface area contributed by atoms with Crippen molar-refractivity contribution >= 4 is 35.9 Å². The Bertz CT molecular complexity index is 1390. The summed E-state index contributed by atoms with van der Waals surface area (Å²) in [5, 5.41) is 3.49. The van der Waals surface area contributed by atoms with Crippen LogP contribution in [0.25, 0.3) is 17.3 Å². The molecule has 6 rings (SSSR count). The van der Waals surface area contributed by atoms with Gasteiger partial charge < -0.3 is 20.5 Å². The second kappa shape index (κ2) is 9.62. The number of aromatic nitrogens is 3. The average molecular weight is 519 g/mol. The molecule has 7 nitrogen and oxygen atoms in total. The van der Waals surface area contributed by atoms with Crippen molar-refractivity contribution in [3.63, 3.8) is 0 Å². The Morgan fingerprint density at radius 1 is 1.19 bits per heavy atom. The number of hydrogen-bond acceptors (Lipinski definition) is 5. The van der Waals surface area contributed by atoms with E-state index in [1.165, 1.54) is 24.0 Å². The van der Waals surface area contributed by atoms with Crippen LogP contribution in [0.4, 0.5) is 11.5 Å². The maximum Gasteiger partial charge on any atom is 0.274 e. The van der Waals surface area contributed by atoms with E-state index >= 15 is 0 Å². The SMILES string of the molecule is Cc1c(-c2ncnc(N)c2C=C[C@@H]2CCCN2)cccc1N1CCn2c(cc3c2CC(C)(C)C3)C1=O.Cl. The number of nitrogens with zero attached hydrogens (tertiary/aromatic N) is 4. The Kier molecular flexibility index (Phi) is 6.62. The molecule has 1 aliphatic carbocycles. The maximum atomic E-state index is 13.7. The van der Waals surface area contributed by atoms with E-state index in [0.717, 1.165) is 66.1 Å². The molecule has 37 heavy (non-hydrogen) atoms. The second-order valence-corrected chi connectivity index (χ2v) is 11.2. The molecule has 8 heteroatoms. The predicted molar refractivity (Wildman–Crippen MR) is 151 cm³/mol. The summed E-state index contributed by atoms with van der Waals surface area (Å²) in [5.74, 6) is 0.534. The number of nitrogens with one attached hydrogen (secondary N) is 1. The van der Waals surface area contributed by atoms with Gasteiger partial charge in [0, 0.05) is 41.6 Å². The van der Waals surface area contributed by atoms with Gasteiger partial charge in [0.25, 0.3) is 5.91 Å². The van der Waals surface area contributed by atoms with Crippen LogP contribution in [0.3, 0.4) is 0 Å². The van der Waals surface area contributed by atoms with Gasteiger partial charge in [-0.05, 0) is 67.8 Å². The number of halogens is 1. The Morgan fingerprint density at radius 2 is 2.03 bits per heavy atom. The molecule has 0 bridgehead atoms. The zero-order chi connectivity index (χ0) is 25.0. The van der Waals surface area contributed by atoms with Crippen LogP contribution in [0.5, 0.6) is 0 Å². The highest BCUT2D eigenvalue weighted by Gasteiger charge is 2.37. The van der Waals surface area contributed by atoms with Crippen LogP contribution in [-0.4, -0.2) is 39.6 Å². The van der Waals surface area contributed by atoms with E-state index in [2.05, 4.69) is 58.8 Å². The molecule has 1 saturated heterocycles. The van der Waals surface area contributed by atoms with E-state index in [9.17, 15) is 4.79 Å². The third-order valence-electron chi connectivity index (χ3n) is 7.98. The van der Waals surface area contributed by atoms with Crippen LogP contribution in [0.1, 0.15) is 59.6 Å². The van der Waals surface area contributed by atoms with Gasteiger partial charge in [0.05, 0.1) is 5.69 Å². The first-order valence-corrected chi connectivity index (χ1v) is 13.0. The molecule has 2 aliphatic heterocycles. The lowest BCUT2D eigenvalue weighted by molar-refractivity contribution is 0.0964. The van der Waals surface area contributed by atoms with Crippen LogP contribution in [0.15, 0.2) is 36.7 Å². The molecular formula is C29H35ClN6O. The van der Waals surface area contributed by atoms with Crippen LogP contribution in [-0.2, 0) is 19.4 Å². The van der Waals surface area contributed by atoms with Gasteiger partial charge in [-0.2, -0.15) is 0 Å². The molecule has 1 fully saturated rings. The normalized spacial score (nSPS) is 20.2. The molecular weight excluding hydrogens is 484 g/mol. The highest BCUT2D eigenvalue weighted by molar-refractivity contribution is 6.07. The number of benzene rings is 1. The van der Waals surface area contributed by atoms with Gasteiger partial charge >= 0.3 is 0 Å². The molecule has 0 saturated carbocycles. The molecule has 3 aliphatic rings. The summed E-state index contributed by atoms with van der Waals surface area (Å²) in [6.45, 7) is 9.19. The number of rotatable bonds is 4. The molecule has 2 aromatic heterocycles. The minimum atomic E-state index is 0. The molecule has 3 N–H and O–H groups in total. The van der Waals surface area contributed by atoms with Crippen LogP contribution >= 0.6 is 12.4 Å². The van der Waals surface area contributed by atoms with E-state index < -0.39 is 0 Å². The Balaban J connectivity index is 0.00000280. The molecule has 3 aromatic rings. The third kappa shape index (κ3) is 4.44. The summed E-state index contributed by atoms with van der Waals surface area (Å²) in [6.07, 6.45) is 10.1. The van der Waals surface area contributed by atoms with Crippen LogP contribution in [0.2, 0.25) is 0 Å². The lowest BCUT2D eigenvalue weighted by Gasteiger charge is -2.31. The largest absolute Gasteiger partial charge is 0.383 e. The van der Waals surface area contributed by atoms with Crippen molar-refractivity contribution in [2.75, 3.05) is 23.7 Å². The van der Waals surface area contributed by atoms with E-state index in [-0.39, 0.29) is 23.7 Å².